The Balaban J connectivity index is 1.22. The van der Waals surface area contributed by atoms with Gasteiger partial charge in [0.25, 0.3) is 0 Å². The summed E-state index contributed by atoms with van der Waals surface area (Å²) >= 11 is 0. The van der Waals surface area contributed by atoms with Crippen LogP contribution in [0.25, 0.3) is 10.8 Å². The molecule has 1 atom stereocenters. The molecule has 286 valence electrons. The second-order valence-corrected chi connectivity index (χ2v) is 19.4. The van der Waals surface area contributed by atoms with E-state index in [1.54, 1.807) is 0 Å². The van der Waals surface area contributed by atoms with Crippen molar-refractivity contribution >= 4 is 60.5 Å². The van der Waals surface area contributed by atoms with Crippen LogP contribution >= 0.6 is 0 Å². The van der Waals surface area contributed by atoms with Crippen molar-refractivity contribution in [3.8, 4) is 0 Å². The molecule has 3 aromatic carbocycles. The molecule has 10 nitrogen and oxygen atoms in total. The number of rotatable bonds is 6. The molecule has 6 heterocycles. The van der Waals surface area contributed by atoms with Crippen molar-refractivity contribution in [1.82, 2.24) is 14.1 Å². The summed E-state index contributed by atoms with van der Waals surface area (Å²) in [5.41, 5.74) is 6.35. The van der Waals surface area contributed by atoms with E-state index >= 15 is 0 Å². The fraction of sp³-hybridized carbons (Fsp3) is 0.370. The Morgan fingerprint density at radius 3 is 1.98 bits per heavy atom. The Labute approximate surface area is 334 Å². The molecular weight excluding hydrogens is 725 g/mol. The molecule has 0 spiro atoms. The largest absolute Gasteiger partial charge is 0.599 e. The predicted octanol–water partition coefficient (Wildman–Crippen LogP) is 9.42. The van der Waals surface area contributed by atoms with Crippen LogP contribution in [0.1, 0.15) is 105 Å². The van der Waals surface area contributed by atoms with Crippen molar-refractivity contribution in [2.45, 2.75) is 83.2 Å². The van der Waals surface area contributed by atoms with E-state index in [2.05, 4.69) is 99.1 Å². The highest BCUT2D eigenvalue weighted by Crippen LogP contribution is 2.49. The fourth-order valence-electron chi connectivity index (χ4n) is 10.4. The monoisotopic (exact) mass is 770 g/mol. The highest BCUT2D eigenvalue weighted by Gasteiger charge is 2.61. The smallest absolute Gasteiger partial charge is 0.361 e. The zero-order chi connectivity index (χ0) is 37.5. The third-order valence-electron chi connectivity index (χ3n) is 13.3. The minimum absolute atomic E-state index is 0.417. The van der Waals surface area contributed by atoms with Gasteiger partial charge in [-0.15, -0.1) is 0 Å². The molecule has 57 heavy (non-hydrogen) atoms. The van der Waals surface area contributed by atoms with Gasteiger partial charge in [-0.05, 0) is 50.4 Å². The van der Waals surface area contributed by atoms with Crippen LogP contribution in [0, 0.1) is 11.8 Å². The Morgan fingerprint density at radius 2 is 1.26 bits per heavy atom. The van der Waals surface area contributed by atoms with E-state index in [4.69, 9.17) is 33.8 Å². The molecular formula is C46H46N8O2Si. The van der Waals surface area contributed by atoms with Crippen LogP contribution in [-0.2, 0) is 8.85 Å². The predicted molar refractivity (Wildman–Crippen MR) is 228 cm³/mol. The number of benzene rings is 3. The molecule has 2 saturated carbocycles. The van der Waals surface area contributed by atoms with Gasteiger partial charge < -0.3 is 14.2 Å². The summed E-state index contributed by atoms with van der Waals surface area (Å²) in [6.45, 7) is 1.17. The molecule has 5 aliphatic heterocycles. The first kappa shape index (κ1) is 33.9. The zero-order valence-electron chi connectivity index (χ0n) is 32.2. The maximum absolute atomic E-state index is 7.89. The maximum Gasteiger partial charge on any atom is 0.599 e. The van der Waals surface area contributed by atoms with Gasteiger partial charge in [0.1, 0.15) is 29.5 Å². The molecule has 12 rings (SSSR count). The molecule has 0 saturated heterocycles. The minimum atomic E-state index is -3.97. The van der Waals surface area contributed by atoms with Crippen LogP contribution in [0.5, 0.6) is 0 Å². The third-order valence-corrected chi connectivity index (χ3v) is 16.5. The number of aromatic nitrogens is 1. The number of allylic oxidation sites excluding steroid dienone is 1. The summed E-state index contributed by atoms with van der Waals surface area (Å²) < 4.78 is 20.5. The van der Waals surface area contributed by atoms with E-state index in [1.165, 1.54) is 38.5 Å². The molecule has 0 radical (unpaired) electrons. The first-order valence-corrected chi connectivity index (χ1v) is 23.0. The molecule has 8 aliphatic rings. The van der Waals surface area contributed by atoms with Gasteiger partial charge in [-0.3, -0.25) is 8.80 Å². The first-order chi connectivity index (χ1) is 28.2. The van der Waals surface area contributed by atoms with Gasteiger partial charge >= 0.3 is 8.88 Å². The second-order valence-electron chi connectivity index (χ2n) is 16.8. The quantitative estimate of drug-likeness (QED) is 0.198. The molecule has 2 fully saturated rings. The molecule has 11 heteroatoms. The number of nitrogens with one attached hydrogen (secondary N) is 1. The van der Waals surface area contributed by atoms with Crippen LogP contribution in [0.4, 0.5) is 11.6 Å². The van der Waals surface area contributed by atoms with Gasteiger partial charge in [0.05, 0.1) is 0 Å². The maximum atomic E-state index is 7.89. The van der Waals surface area contributed by atoms with E-state index in [9.17, 15) is 0 Å². The highest BCUT2D eigenvalue weighted by atomic mass is 28.4. The van der Waals surface area contributed by atoms with Crippen LogP contribution in [0.3, 0.4) is 0 Å². The minimum Gasteiger partial charge on any atom is -0.361 e. The van der Waals surface area contributed by atoms with E-state index < -0.39 is 15.0 Å². The summed E-state index contributed by atoms with van der Waals surface area (Å²) in [5, 5.41) is 5.99. The molecule has 1 unspecified atom stereocenters. The number of hydrogen-bond acceptors (Lipinski definition) is 9. The van der Waals surface area contributed by atoms with Gasteiger partial charge in [-0.1, -0.05) is 123 Å². The molecule has 3 aliphatic carbocycles. The number of aliphatic imine (C=N–C) groups is 5. The number of hydrogen-bond donors (Lipinski definition) is 1. The average Bonchev–Trinajstić information content (AvgIpc) is 3.98. The molecule has 1 aromatic heterocycles. The van der Waals surface area contributed by atoms with Crippen LogP contribution in [0.2, 0.25) is 0 Å². The Hall–Kier alpha value is -5.23. The first-order valence-electron chi connectivity index (χ1n) is 21.2. The Bertz CT molecular complexity index is 2540. The van der Waals surface area contributed by atoms with Crippen molar-refractivity contribution in [1.29, 1.82) is 0 Å². The highest BCUT2D eigenvalue weighted by molar-refractivity contribution is 6.68. The van der Waals surface area contributed by atoms with Crippen molar-refractivity contribution in [3.63, 3.8) is 0 Å². The van der Waals surface area contributed by atoms with Gasteiger partial charge in [-0.25, -0.2) is 25.0 Å². The SMILES string of the molecule is C1=CC2=C(CC1)C1=Nc3c4ccccc4c4n3[Si](OCC3CCCCC3)(OCC3CCCCC3)N3C(=NC2=N1)c1ccccc1C3NC1=NC(=N4)c2ccccc21. The third kappa shape index (κ3) is 5.31. The summed E-state index contributed by atoms with van der Waals surface area (Å²) in [7, 11) is -3.97. The van der Waals surface area contributed by atoms with Gasteiger partial charge in [0.15, 0.2) is 17.5 Å². The Morgan fingerprint density at radius 1 is 0.632 bits per heavy atom. The summed E-state index contributed by atoms with van der Waals surface area (Å²) in [4.78, 5) is 27.5. The van der Waals surface area contributed by atoms with Crippen molar-refractivity contribution < 1.29 is 8.85 Å². The van der Waals surface area contributed by atoms with Crippen LogP contribution in [-0.4, -0.2) is 60.1 Å². The van der Waals surface area contributed by atoms with Gasteiger partial charge in [-0.2, -0.15) is 0 Å². The van der Waals surface area contributed by atoms with Crippen LogP contribution < -0.4 is 5.32 Å². The van der Waals surface area contributed by atoms with E-state index in [0.717, 1.165) is 106 Å². The molecule has 1 N–H and O–H groups in total. The topological polar surface area (TPSA) is 100 Å². The molecule has 0 amide bonds. The summed E-state index contributed by atoms with van der Waals surface area (Å²) in [6.07, 6.45) is 17.9. The fourth-order valence-corrected chi connectivity index (χ4v) is 14.0. The van der Waals surface area contributed by atoms with Crippen molar-refractivity contribution in [2.24, 2.45) is 36.8 Å². The lowest BCUT2D eigenvalue weighted by atomic mass is 9.90. The second kappa shape index (κ2) is 13.4. The van der Waals surface area contributed by atoms with E-state index in [1.807, 2.05) is 0 Å². The summed E-state index contributed by atoms with van der Waals surface area (Å²) in [6, 6.07) is 25.7. The Kier molecular flexibility index (Phi) is 7.98. The lowest BCUT2D eigenvalue weighted by Gasteiger charge is -2.44. The summed E-state index contributed by atoms with van der Waals surface area (Å²) in [5.74, 6) is 6.07. The van der Waals surface area contributed by atoms with Crippen LogP contribution in [0.15, 0.2) is 121 Å². The van der Waals surface area contributed by atoms with Crippen molar-refractivity contribution in [2.75, 3.05) is 13.2 Å². The van der Waals surface area contributed by atoms with Crippen molar-refractivity contribution in [3.05, 3.63) is 118 Å². The van der Waals surface area contributed by atoms with E-state index in [0.29, 0.717) is 42.6 Å². The normalized spacial score (nSPS) is 23.2. The average molecular weight is 771 g/mol. The lowest BCUT2D eigenvalue weighted by Crippen LogP contribution is -2.67. The number of fused-ring (bicyclic) bond motifs is 13. The molecule has 4 aromatic rings. The lowest BCUT2D eigenvalue weighted by molar-refractivity contribution is 0.0680. The standard InChI is InChI=1S/C46H46N8O2Si/c1-3-15-29(16-4-1)27-55-57(56-28-30-17-5-2-6-18-30)53-43-35-23-11-12-24-36(35)45(53)51-41-33-21-9-10-22-34(33)42(48-41)52-46-38-26-14-13-25-37(38)44(54(46)57)50-40-32-20-8-7-19-31(32)39(47-40)49-43/h7-9,11-14,19-21,23-26,29-30,43H,1-6,10,15-18,22,27-28H2,(H,47,49,50). The molecule has 6 bridgehead atoms. The van der Waals surface area contributed by atoms with Gasteiger partial charge in [0, 0.05) is 57.4 Å². The zero-order valence-corrected chi connectivity index (χ0v) is 33.2. The number of nitrogens with zero attached hydrogens (tertiary/aromatic N) is 7. The van der Waals surface area contributed by atoms with E-state index in [-0.39, 0.29) is 0 Å². The number of amidine groups is 5. The van der Waals surface area contributed by atoms with Gasteiger partial charge in [0.2, 0.25) is 0 Å².